The molecule has 0 amide bonds. The predicted octanol–water partition coefficient (Wildman–Crippen LogP) is -0.458. The van der Waals surface area contributed by atoms with Crippen molar-refractivity contribution in [2.75, 3.05) is 6.54 Å². The van der Waals surface area contributed by atoms with Gasteiger partial charge < -0.3 is 10.6 Å². The van der Waals surface area contributed by atoms with E-state index in [0.29, 0.717) is 0 Å². The second-order valence-corrected chi connectivity index (χ2v) is 1.38. The van der Waals surface area contributed by atoms with Crippen molar-refractivity contribution in [1.29, 1.82) is 0 Å². The summed E-state index contributed by atoms with van der Waals surface area (Å²) in [5.41, 5.74) is 4.99. The van der Waals surface area contributed by atoms with Crippen molar-refractivity contribution in [2.24, 2.45) is 5.73 Å². The quantitative estimate of drug-likeness (QED) is 0.404. The molecular formula is C3H8N2O3. The first kappa shape index (κ1) is 7.16. The van der Waals surface area contributed by atoms with Gasteiger partial charge in [-0.25, -0.2) is 0 Å². The SMILES string of the molecule is CC(CN)O[N+](=O)[O-]. The summed E-state index contributed by atoms with van der Waals surface area (Å²) in [6.07, 6.45) is -0.495. The fraction of sp³-hybridized carbons (Fsp3) is 1.00. The smallest absolute Gasteiger partial charge is 0.294 e. The molecule has 0 bridgehead atoms. The topological polar surface area (TPSA) is 78.4 Å². The molecule has 0 aliphatic carbocycles. The molecule has 0 aromatic heterocycles. The zero-order chi connectivity index (χ0) is 6.57. The summed E-state index contributed by atoms with van der Waals surface area (Å²) in [5, 5.41) is 8.65. The van der Waals surface area contributed by atoms with Crippen LogP contribution >= 0.6 is 0 Å². The van der Waals surface area contributed by atoms with E-state index in [1.54, 1.807) is 0 Å². The highest BCUT2D eigenvalue weighted by Crippen LogP contribution is 1.84. The number of hydrogen-bond donors (Lipinski definition) is 1. The Balaban J connectivity index is 3.24. The Morgan fingerprint density at radius 1 is 2.00 bits per heavy atom. The van der Waals surface area contributed by atoms with Crippen LogP contribution in [0, 0.1) is 10.1 Å². The molecule has 0 aliphatic heterocycles. The Bertz CT molecular complexity index is 84.6. The molecule has 0 aliphatic rings. The number of nitrogens with two attached hydrogens (primary N) is 1. The van der Waals surface area contributed by atoms with Crippen LogP contribution in [-0.2, 0) is 4.84 Å². The van der Waals surface area contributed by atoms with Gasteiger partial charge in [-0.05, 0) is 6.92 Å². The van der Waals surface area contributed by atoms with E-state index in [1.807, 2.05) is 0 Å². The van der Waals surface area contributed by atoms with E-state index in [0.717, 1.165) is 0 Å². The number of rotatable bonds is 3. The molecule has 0 fully saturated rings. The monoisotopic (exact) mass is 120 g/mol. The van der Waals surface area contributed by atoms with E-state index in [9.17, 15) is 10.1 Å². The molecule has 0 aromatic rings. The van der Waals surface area contributed by atoms with E-state index in [4.69, 9.17) is 5.73 Å². The third kappa shape index (κ3) is 3.35. The second-order valence-electron chi connectivity index (χ2n) is 1.38. The highest BCUT2D eigenvalue weighted by atomic mass is 17.0. The first-order valence-corrected chi connectivity index (χ1v) is 2.18. The summed E-state index contributed by atoms with van der Waals surface area (Å²) >= 11 is 0. The zero-order valence-corrected chi connectivity index (χ0v) is 4.53. The molecule has 48 valence electrons. The summed E-state index contributed by atoms with van der Waals surface area (Å²) in [7, 11) is 0. The first-order chi connectivity index (χ1) is 3.66. The summed E-state index contributed by atoms with van der Waals surface area (Å²) in [6.45, 7) is 1.70. The first-order valence-electron chi connectivity index (χ1n) is 2.18. The largest absolute Gasteiger partial charge is 0.328 e. The van der Waals surface area contributed by atoms with Gasteiger partial charge in [0.1, 0.15) is 6.10 Å². The van der Waals surface area contributed by atoms with E-state index >= 15 is 0 Å². The van der Waals surface area contributed by atoms with Gasteiger partial charge in [0.25, 0.3) is 5.09 Å². The number of hydrogen-bond acceptors (Lipinski definition) is 4. The minimum Gasteiger partial charge on any atom is -0.328 e. The molecule has 0 radical (unpaired) electrons. The fourth-order valence-corrected chi connectivity index (χ4v) is 0.190. The fourth-order valence-electron chi connectivity index (χ4n) is 0.190. The van der Waals surface area contributed by atoms with E-state index in [2.05, 4.69) is 4.84 Å². The van der Waals surface area contributed by atoms with Gasteiger partial charge >= 0.3 is 0 Å². The molecule has 0 saturated heterocycles. The van der Waals surface area contributed by atoms with Crippen molar-refractivity contribution < 1.29 is 9.92 Å². The van der Waals surface area contributed by atoms with Crippen LogP contribution in [-0.4, -0.2) is 17.7 Å². The summed E-state index contributed by atoms with van der Waals surface area (Å²) in [6, 6.07) is 0. The van der Waals surface area contributed by atoms with Crippen molar-refractivity contribution in [3.63, 3.8) is 0 Å². The third-order valence-electron chi connectivity index (χ3n) is 0.598. The van der Waals surface area contributed by atoms with Gasteiger partial charge in [-0.15, -0.1) is 10.1 Å². The highest BCUT2D eigenvalue weighted by molar-refractivity contribution is 4.42. The molecule has 1 atom stereocenters. The van der Waals surface area contributed by atoms with Crippen molar-refractivity contribution in [3.8, 4) is 0 Å². The van der Waals surface area contributed by atoms with E-state index in [-0.39, 0.29) is 6.54 Å². The Kier molecular flexibility index (Phi) is 2.86. The van der Waals surface area contributed by atoms with E-state index < -0.39 is 11.2 Å². The van der Waals surface area contributed by atoms with Crippen LogP contribution in [0.4, 0.5) is 0 Å². The summed E-state index contributed by atoms with van der Waals surface area (Å²) < 4.78 is 0. The maximum absolute atomic E-state index is 9.50. The molecule has 5 heteroatoms. The van der Waals surface area contributed by atoms with Crippen molar-refractivity contribution in [3.05, 3.63) is 10.1 Å². The van der Waals surface area contributed by atoms with Crippen LogP contribution in [0.3, 0.4) is 0 Å². The Morgan fingerprint density at radius 3 is 2.62 bits per heavy atom. The Morgan fingerprint density at radius 2 is 2.50 bits per heavy atom. The minimum absolute atomic E-state index is 0.168. The lowest BCUT2D eigenvalue weighted by molar-refractivity contribution is -0.766. The molecular weight excluding hydrogens is 112 g/mol. The van der Waals surface area contributed by atoms with Crippen molar-refractivity contribution in [2.45, 2.75) is 13.0 Å². The Labute approximate surface area is 46.5 Å². The average Bonchev–Trinajstić information content (AvgIpc) is 1.65. The average molecular weight is 120 g/mol. The standard InChI is InChI=1S/C3H8N2O3/c1-3(2-4)8-5(6)7/h3H,2,4H2,1H3. The van der Waals surface area contributed by atoms with Crippen molar-refractivity contribution >= 4 is 0 Å². The molecule has 0 saturated carbocycles. The van der Waals surface area contributed by atoms with Crippen LogP contribution < -0.4 is 5.73 Å². The van der Waals surface area contributed by atoms with Crippen LogP contribution in [0.15, 0.2) is 0 Å². The van der Waals surface area contributed by atoms with Crippen molar-refractivity contribution in [1.82, 2.24) is 0 Å². The van der Waals surface area contributed by atoms with Crippen LogP contribution in [0.1, 0.15) is 6.92 Å². The zero-order valence-electron chi connectivity index (χ0n) is 4.53. The lowest BCUT2D eigenvalue weighted by atomic mass is 10.4. The summed E-state index contributed by atoms with van der Waals surface area (Å²) in [4.78, 5) is 13.5. The maximum atomic E-state index is 9.50. The number of nitrogens with zero attached hydrogens (tertiary/aromatic N) is 1. The predicted molar refractivity (Wildman–Crippen MR) is 26.6 cm³/mol. The third-order valence-corrected chi connectivity index (χ3v) is 0.598. The van der Waals surface area contributed by atoms with Crippen LogP contribution in [0.25, 0.3) is 0 Å². The summed E-state index contributed by atoms with van der Waals surface area (Å²) in [5.74, 6) is 0. The van der Waals surface area contributed by atoms with Crippen LogP contribution in [0.5, 0.6) is 0 Å². The van der Waals surface area contributed by atoms with Gasteiger partial charge in [-0.2, -0.15) is 0 Å². The van der Waals surface area contributed by atoms with Gasteiger partial charge in [-0.1, -0.05) is 0 Å². The normalized spacial score (nSPS) is 12.8. The second kappa shape index (κ2) is 3.20. The lowest BCUT2D eigenvalue weighted by Crippen LogP contribution is -2.22. The van der Waals surface area contributed by atoms with Crippen LogP contribution in [0.2, 0.25) is 0 Å². The minimum atomic E-state index is -0.850. The molecule has 8 heavy (non-hydrogen) atoms. The van der Waals surface area contributed by atoms with Gasteiger partial charge in [0.2, 0.25) is 0 Å². The highest BCUT2D eigenvalue weighted by Gasteiger charge is 2.01. The Hall–Kier alpha value is -0.840. The molecule has 0 aromatic carbocycles. The molecule has 0 rings (SSSR count). The molecule has 0 heterocycles. The maximum Gasteiger partial charge on any atom is 0.294 e. The molecule has 1 unspecified atom stereocenters. The van der Waals surface area contributed by atoms with Gasteiger partial charge in [0.05, 0.1) is 0 Å². The van der Waals surface area contributed by atoms with Gasteiger partial charge in [-0.3, -0.25) is 0 Å². The molecule has 2 N–H and O–H groups in total. The molecule has 0 spiro atoms. The van der Waals surface area contributed by atoms with E-state index in [1.165, 1.54) is 6.92 Å². The molecule has 5 nitrogen and oxygen atoms in total. The van der Waals surface area contributed by atoms with Gasteiger partial charge in [0.15, 0.2) is 0 Å². The lowest BCUT2D eigenvalue weighted by Gasteiger charge is -2.02. The van der Waals surface area contributed by atoms with Gasteiger partial charge in [0, 0.05) is 6.54 Å².